The minimum absolute atomic E-state index is 0.289. The number of alkyl halides is 6. The van der Waals surface area contributed by atoms with E-state index < -0.39 is 29.0 Å². The minimum atomic E-state index is -5.14. The molecule has 13 aromatic rings. The van der Waals surface area contributed by atoms with Crippen LogP contribution in [0.15, 0.2) is 249 Å². The lowest BCUT2D eigenvalue weighted by Crippen LogP contribution is -2.14. The van der Waals surface area contributed by atoms with E-state index in [1.165, 1.54) is 12.1 Å². The average molecular weight is 1030 g/mol. The number of halogens is 6. The van der Waals surface area contributed by atoms with Crippen LogP contribution in [0, 0.1) is 11.3 Å². The van der Waals surface area contributed by atoms with Gasteiger partial charge in [0.1, 0.15) is 0 Å². The third kappa shape index (κ3) is 8.26. The molecule has 0 aliphatic carbocycles. The summed E-state index contributed by atoms with van der Waals surface area (Å²) in [5, 5.41) is 14.2. The van der Waals surface area contributed by atoms with E-state index in [0.29, 0.717) is 51.2 Å². The first kappa shape index (κ1) is 47.8. The number of rotatable bonds is 8. The molecule has 0 saturated heterocycles. The summed E-state index contributed by atoms with van der Waals surface area (Å²) in [6.45, 7) is 0. The Morgan fingerprint density at radius 3 is 1.01 bits per heavy atom. The Kier molecular flexibility index (Phi) is 11.5. The molecule has 9 heteroatoms. The van der Waals surface area contributed by atoms with Crippen molar-refractivity contribution in [2.45, 2.75) is 12.4 Å². The minimum Gasteiger partial charge on any atom is -0.309 e. The smallest absolute Gasteiger partial charge is 0.309 e. The molecule has 0 fully saturated rings. The number of nitrogens with zero attached hydrogens (tertiary/aromatic N) is 3. The van der Waals surface area contributed by atoms with Gasteiger partial charge < -0.3 is 9.13 Å². The number of nitriles is 1. The Hall–Kier alpha value is -9.91. The molecule has 11 aromatic carbocycles. The van der Waals surface area contributed by atoms with Crippen LogP contribution in [-0.4, -0.2) is 9.13 Å². The Morgan fingerprint density at radius 1 is 0.295 bits per heavy atom. The first-order valence-electron chi connectivity index (χ1n) is 25.3. The highest BCUT2D eigenvalue weighted by atomic mass is 19.4. The first-order valence-corrected chi connectivity index (χ1v) is 25.3. The van der Waals surface area contributed by atoms with Gasteiger partial charge in [-0.3, -0.25) is 0 Å². The summed E-state index contributed by atoms with van der Waals surface area (Å²) in [5.41, 5.74) is 8.90. The molecule has 2 heterocycles. The Morgan fingerprint density at radius 2 is 0.654 bits per heavy atom. The van der Waals surface area contributed by atoms with E-state index in [9.17, 15) is 5.26 Å². The maximum Gasteiger partial charge on any atom is 0.417 e. The van der Waals surface area contributed by atoms with E-state index in [-0.39, 0.29) is 5.56 Å². The van der Waals surface area contributed by atoms with Crippen LogP contribution in [0.2, 0.25) is 0 Å². The van der Waals surface area contributed by atoms with Crippen molar-refractivity contribution in [1.29, 1.82) is 5.26 Å². The van der Waals surface area contributed by atoms with Crippen LogP contribution in [-0.2, 0) is 12.4 Å². The fraction of sp³-hybridized carbons (Fsp3) is 0.0290. The summed E-state index contributed by atoms with van der Waals surface area (Å²) in [6.07, 6.45) is -10.3. The Labute approximate surface area is 444 Å². The van der Waals surface area contributed by atoms with Gasteiger partial charge in [-0.05, 0) is 135 Å². The van der Waals surface area contributed by atoms with E-state index in [0.717, 1.165) is 83.2 Å². The molecule has 2 aromatic heterocycles. The van der Waals surface area contributed by atoms with Crippen LogP contribution >= 0.6 is 0 Å². The van der Waals surface area contributed by atoms with Gasteiger partial charge in [0.15, 0.2) is 0 Å². The molecular weight excluding hydrogens is 985 g/mol. The number of hydrogen-bond acceptors (Lipinski definition) is 1. The van der Waals surface area contributed by atoms with Gasteiger partial charge in [0, 0.05) is 38.2 Å². The number of fused-ring (bicyclic) bond motifs is 6. The molecule has 374 valence electrons. The number of hydrogen-bond donors (Lipinski definition) is 0. The molecule has 0 aliphatic heterocycles. The molecule has 13 rings (SSSR count). The topological polar surface area (TPSA) is 33.6 Å². The molecular formula is C69H41F6N3. The van der Waals surface area contributed by atoms with Crippen LogP contribution in [0.1, 0.15) is 16.7 Å². The molecule has 0 bridgehead atoms. The molecule has 0 unspecified atom stereocenters. The van der Waals surface area contributed by atoms with Crippen molar-refractivity contribution in [3.63, 3.8) is 0 Å². The fourth-order valence-electron chi connectivity index (χ4n) is 11.3. The summed E-state index contributed by atoms with van der Waals surface area (Å²) in [4.78, 5) is 0. The molecule has 0 aliphatic rings. The highest BCUT2D eigenvalue weighted by Gasteiger charge is 2.41. The third-order valence-electron chi connectivity index (χ3n) is 14.8. The maximum absolute atomic E-state index is 15.2. The van der Waals surface area contributed by atoms with Crippen molar-refractivity contribution in [2.24, 2.45) is 0 Å². The summed E-state index contributed by atoms with van der Waals surface area (Å²) >= 11 is 0. The highest BCUT2D eigenvalue weighted by Crippen LogP contribution is 2.49. The molecule has 0 radical (unpaired) electrons. The van der Waals surface area contributed by atoms with Gasteiger partial charge in [0.25, 0.3) is 0 Å². The predicted molar refractivity (Wildman–Crippen MR) is 302 cm³/mol. The summed E-state index contributed by atoms with van der Waals surface area (Å²) in [5.74, 6) is 0. The zero-order chi connectivity index (χ0) is 53.3. The van der Waals surface area contributed by atoms with Crippen LogP contribution in [0.3, 0.4) is 0 Å². The quantitative estimate of drug-likeness (QED) is 0.140. The van der Waals surface area contributed by atoms with E-state index in [1.807, 2.05) is 132 Å². The van der Waals surface area contributed by atoms with Crippen molar-refractivity contribution in [2.75, 3.05) is 0 Å². The molecule has 78 heavy (non-hydrogen) atoms. The standard InChI is InChI=1S/C69H41F6N3/c70-68(71,72)59-22-13-23-60(69(73,74)75)67(59)52-25-30-53(66(41-52)78-64-34-28-50(46-18-9-3-10-19-46)39-57(64)58-40-51(29-35-65(58)78)47-20-11-4-12-21-47)54-36-43(42-76)24-31-61(54)77-62-32-26-48(44-14-5-1-6-15-44)37-55(62)56-38-49(27-33-63(56)77)45-16-7-2-8-17-45/h1-41H. The van der Waals surface area contributed by atoms with Gasteiger partial charge in [-0.1, -0.05) is 164 Å². The van der Waals surface area contributed by atoms with Gasteiger partial charge in [0.05, 0.1) is 56.2 Å². The van der Waals surface area contributed by atoms with Gasteiger partial charge in [-0.25, -0.2) is 0 Å². The number of benzene rings is 11. The predicted octanol–water partition coefficient (Wildman–Crippen LogP) is 19.8. The zero-order valence-corrected chi connectivity index (χ0v) is 41.3. The molecule has 0 amide bonds. The van der Waals surface area contributed by atoms with Crippen LogP contribution < -0.4 is 0 Å². The summed E-state index contributed by atoms with van der Waals surface area (Å²) < 4.78 is 95.1. The Bertz CT molecular complexity index is 4280. The van der Waals surface area contributed by atoms with E-state index >= 15 is 26.3 Å². The molecule has 0 saturated carbocycles. The SMILES string of the molecule is N#Cc1ccc(-n2c3ccc(-c4ccccc4)cc3c3cc(-c4ccccc4)ccc32)c(-c2ccc(-c3c(C(F)(F)F)cccc3C(F)(F)F)cc2-n2c3ccc(-c4ccccc4)cc3c3cc(-c4ccccc4)ccc32)c1. The maximum atomic E-state index is 15.2. The largest absolute Gasteiger partial charge is 0.417 e. The number of aromatic nitrogens is 2. The van der Waals surface area contributed by atoms with Gasteiger partial charge >= 0.3 is 12.4 Å². The summed E-state index contributed by atoms with van der Waals surface area (Å²) in [6, 6.07) is 78.7. The van der Waals surface area contributed by atoms with Crippen molar-refractivity contribution >= 4 is 43.6 Å². The van der Waals surface area contributed by atoms with E-state index in [1.54, 1.807) is 18.2 Å². The van der Waals surface area contributed by atoms with Crippen LogP contribution in [0.25, 0.3) is 122 Å². The summed E-state index contributed by atoms with van der Waals surface area (Å²) in [7, 11) is 0. The van der Waals surface area contributed by atoms with Gasteiger partial charge in [-0.15, -0.1) is 0 Å². The molecule has 0 spiro atoms. The van der Waals surface area contributed by atoms with Gasteiger partial charge in [-0.2, -0.15) is 31.6 Å². The van der Waals surface area contributed by atoms with E-state index in [4.69, 9.17) is 0 Å². The molecule has 3 nitrogen and oxygen atoms in total. The van der Waals surface area contributed by atoms with Crippen molar-refractivity contribution < 1.29 is 26.3 Å². The fourth-order valence-corrected chi connectivity index (χ4v) is 11.3. The Balaban J connectivity index is 1.15. The highest BCUT2D eigenvalue weighted by molar-refractivity contribution is 6.14. The van der Waals surface area contributed by atoms with Crippen LogP contribution in [0.5, 0.6) is 0 Å². The van der Waals surface area contributed by atoms with E-state index in [2.05, 4.69) is 83.4 Å². The van der Waals surface area contributed by atoms with Crippen molar-refractivity contribution in [3.05, 3.63) is 265 Å². The lowest BCUT2D eigenvalue weighted by Gasteiger charge is -2.22. The van der Waals surface area contributed by atoms with Gasteiger partial charge in [0.2, 0.25) is 0 Å². The van der Waals surface area contributed by atoms with Crippen molar-refractivity contribution in [3.8, 4) is 84.2 Å². The lowest BCUT2D eigenvalue weighted by atomic mass is 9.90. The molecule has 0 atom stereocenters. The van der Waals surface area contributed by atoms with Crippen LogP contribution in [0.4, 0.5) is 26.3 Å². The normalized spacial score (nSPS) is 12.0. The average Bonchev–Trinajstić information content (AvgIpc) is 4.17. The van der Waals surface area contributed by atoms with Crippen molar-refractivity contribution in [1.82, 2.24) is 9.13 Å². The second kappa shape index (κ2) is 18.7. The third-order valence-corrected chi connectivity index (χ3v) is 14.8. The second-order valence-electron chi connectivity index (χ2n) is 19.4. The first-order chi connectivity index (χ1) is 37.9. The zero-order valence-electron chi connectivity index (χ0n) is 41.3. The molecule has 0 N–H and O–H groups in total. The monoisotopic (exact) mass is 1030 g/mol. The second-order valence-corrected chi connectivity index (χ2v) is 19.4. The lowest BCUT2D eigenvalue weighted by molar-refractivity contribution is -0.142.